The minimum Gasteiger partial charge on any atom is -0.317 e. The largest absolute Gasteiger partial charge is 0.416 e. The van der Waals surface area contributed by atoms with Gasteiger partial charge >= 0.3 is 11.9 Å². The lowest BCUT2D eigenvalue weighted by Gasteiger charge is -2.24. The van der Waals surface area contributed by atoms with Crippen molar-refractivity contribution in [1.29, 1.82) is 0 Å². The van der Waals surface area contributed by atoms with Gasteiger partial charge in [0.25, 0.3) is 5.56 Å². The van der Waals surface area contributed by atoms with Crippen LogP contribution in [0.1, 0.15) is 24.4 Å². The smallest absolute Gasteiger partial charge is 0.317 e. The summed E-state index contributed by atoms with van der Waals surface area (Å²) in [6.07, 6.45) is -3.35. The molecule has 0 radical (unpaired) electrons. The van der Waals surface area contributed by atoms with Gasteiger partial charge in [0.05, 0.1) is 16.5 Å². The van der Waals surface area contributed by atoms with E-state index < -0.39 is 23.0 Å². The Morgan fingerprint density at radius 1 is 1.14 bits per heavy atom. The van der Waals surface area contributed by atoms with E-state index >= 15 is 0 Å². The van der Waals surface area contributed by atoms with Crippen LogP contribution in [0, 0.1) is 0 Å². The van der Waals surface area contributed by atoms with Crippen molar-refractivity contribution in [2.24, 2.45) is 0 Å². The molecule has 0 saturated carbocycles. The van der Waals surface area contributed by atoms with Gasteiger partial charge in [-0.2, -0.15) is 13.2 Å². The summed E-state index contributed by atoms with van der Waals surface area (Å²) in [7, 11) is 0. The molecule has 22 heavy (non-hydrogen) atoms. The van der Waals surface area contributed by atoms with Crippen molar-refractivity contribution in [2.45, 2.75) is 25.1 Å². The number of benzene rings is 1. The highest BCUT2D eigenvalue weighted by molar-refractivity contribution is 5.78. The van der Waals surface area contributed by atoms with E-state index in [0.717, 1.165) is 22.8 Å². The fourth-order valence-electron chi connectivity index (χ4n) is 2.80. The third-order valence-corrected chi connectivity index (χ3v) is 3.93. The van der Waals surface area contributed by atoms with Crippen molar-refractivity contribution in [3.8, 4) is 0 Å². The van der Waals surface area contributed by atoms with Gasteiger partial charge in [-0.15, -0.1) is 0 Å². The Bertz CT molecular complexity index is 817. The van der Waals surface area contributed by atoms with E-state index in [-0.39, 0.29) is 16.9 Å². The third kappa shape index (κ3) is 2.54. The Balaban J connectivity index is 2.21. The number of fused-ring (bicyclic) bond motifs is 1. The molecule has 2 aromatic rings. The summed E-state index contributed by atoms with van der Waals surface area (Å²) in [4.78, 5) is 27.1. The molecule has 0 atom stereocenters. The van der Waals surface area contributed by atoms with E-state index in [2.05, 4.69) is 10.3 Å². The SMILES string of the molecule is O=c1[nH]c2ccc(C(F)(F)F)cc2c(=O)n1C1CCNCC1. The molecule has 0 spiro atoms. The second-order valence-corrected chi connectivity index (χ2v) is 5.34. The van der Waals surface area contributed by atoms with Crippen LogP contribution in [0.5, 0.6) is 0 Å². The molecular weight excluding hydrogens is 299 g/mol. The van der Waals surface area contributed by atoms with E-state index in [0.29, 0.717) is 25.9 Å². The van der Waals surface area contributed by atoms with E-state index in [1.54, 1.807) is 0 Å². The molecule has 0 bridgehead atoms. The molecule has 1 aromatic carbocycles. The van der Waals surface area contributed by atoms with Crippen molar-refractivity contribution >= 4 is 10.9 Å². The first-order valence-electron chi connectivity index (χ1n) is 6.94. The number of hydrogen-bond acceptors (Lipinski definition) is 3. The number of aromatic amines is 1. The zero-order chi connectivity index (χ0) is 15.9. The number of nitrogens with zero attached hydrogens (tertiary/aromatic N) is 1. The summed E-state index contributed by atoms with van der Waals surface area (Å²) in [6, 6.07) is 2.47. The molecule has 0 aliphatic carbocycles. The highest BCUT2D eigenvalue weighted by Crippen LogP contribution is 2.30. The lowest BCUT2D eigenvalue weighted by atomic mass is 10.1. The molecule has 1 saturated heterocycles. The Labute approximate surface area is 122 Å². The molecule has 118 valence electrons. The molecule has 8 heteroatoms. The van der Waals surface area contributed by atoms with Crippen LogP contribution < -0.4 is 16.6 Å². The molecular formula is C14H14F3N3O2. The van der Waals surface area contributed by atoms with Gasteiger partial charge in [-0.05, 0) is 44.1 Å². The quantitative estimate of drug-likeness (QED) is 0.841. The summed E-state index contributed by atoms with van der Waals surface area (Å²) in [6.45, 7) is 1.33. The predicted molar refractivity (Wildman–Crippen MR) is 75.0 cm³/mol. The van der Waals surface area contributed by atoms with Crippen LogP contribution in [0.3, 0.4) is 0 Å². The number of aromatic nitrogens is 2. The average molecular weight is 313 g/mol. The minimum atomic E-state index is -4.53. The normalized spacial score (nSPS) is 17.0. The van der Waals surface area contributed by atoms with Crippen LogP contribution in [0.2, 0.25) is 0 Å². The van der Waals surface area contributed by atoms with E-state index in [9.17, 15) is 22.8 Å². The Morgan fingerprint density at radius 3 is 2.45 bits per heavy atom. The molecule has 3 rings (SSSR count). The highest BCUT2D eigenvalue weighted by atomic mass is 19.4. The van der Waals surface area contributed by atoms with E-state index in [1.165, 1.54) is 0 Å². The van der Waals surface area contributed by atoms with Gasteiger partial charge < -0.3 is 10.3 Å². The van der Waals surface area contributed by atoms with Crippen molar-refractivity contribution < 1.29 is 13.2 Å². The monoisotopic (exact) mass is 313 g/mol. The molecule has 2 heterocycles. The van der Waals surface area contributed by atoms with Crippen molar-refractivity contribution in [2.75, 3.05) is 13.1 Å². The van der Waals surface area contributed by atoms with Crippen molar-refractivity contribution in [1.82, 2.24) is 14.9 Å². The van der Waals surface area contributed by atoms with Gasteiger partial charge in [-0.25, -0.2) is 4.79 Å². The van der Waals surface area contributed by atoms with Crippen LogP contribution in [0.15, 0.2) is 27.8 Å². The third-order valence-electron chi connectivity index (χ3n) is 3.93. The molecule has 0 amide bonds. The number of alkyl halides is 3. The Kier molecular flexibility index (Phi) is 3.56. The maximum Gasteiger partial charge on any atom is 0.416 e. The maximum absolute atomic E-state index is 12.8. The first kappa shape index (κ1) is 14.8. The lowest BCUT2D eigenvalue weighted by molar-refractivity contribution is -0.137. The first-order valence-corrected chi connectivity index (χ1v) is 6.94. The fraction of sp³-hybridized carbons (Fsp3) is 0.429. The first-order chi connectivity index (χ1) is 10.4. The second kappa shape index (κ2) is 5.28. The minimum absolute atomic E-state index is 0.118. The number of nitrogens with one attached hydrogen (secondary N) is 2. The van der Waals surface area contributed by atoms with Crippen LogP contribution in [-0.2, 0) is 6.18 Å². The Hall–Kier alpha value is -2.09. The highest BCUT2D eigenvalue weighted by Gasteiger charge is 2.31. The molecule has 1 aliphatic heterocycles. The van der Waals surface area contributed by atoms with Gasteiger partial charge in [0.2, 0.25) is 0 Å². The number of piperidine rings is 1. The summed E-state index contributed by atoms with van der Waals surface area (Å²) in [5.41, 5.74) is -2.03. The summed E-state index contributed by atoms with van der Waals surface area (Å²) in [5, 5.41) is 3.00. The number of rotatable bonds is 1. The van der Waals surface area contributed by atoms with Crippen LogP contribution in [0.4, 0.5) is 13.2 Å². The molecule has 0 unspecified atom stereocenters. The van der Waals surface area contributed by atoms with Crippen molar-refractivity contribution in [3.63, 3.8) is 0 Å². The lowest BCUT2D eigenvalue weighted by Crippen LogP contribution is -2.42. The van der Waals surface area contributed by atoms with E-state index in [4.69, 9.17) is 0 Å². The van der Waals surface area contributed by atoms with Crippen LogP contribution in [0.25, 0.3) is 10.9 Å². The standard InChI is InChI=1S/C14H14F3N3O2/c15-14(16,17)8-1-2-11-10(7-8)12(21)20(13(22)19-11)9-3-5-18-6-4-9/h1-2,7,9,18H,3-6H2,(H,19,22). The second-order valence-electron chi connectivity index (χ2n) is 5.34. The Morgan fingerprint density at radius 2 is 1.82 bits per heavy atom. The van der Waals surface area contributed by atoms with Gasteiger partial charge in [0.1, 0.15) is 0 Å². The van der Waals surface area contributed by atoms with E-state index in [1.807, 2.05) is 0 Å². The average Bonchev–Trinajstić information content (AvgIpc) is 2.47. The van der Waals surface area contributed by atoms with Gasteiger partial charge in [-0.1, -0.05) is 0 Å². The van der Waals surface area contributed by atoms with Crippen LogP contribution >= 0.6 is 0 Å². The zero-order valence-electron chi connectivity index (χ0n) is 11.5. The molecule has 5 nitrogen and oxygen atoms in total. The number of halogens is 3. The summed E-state index contributed by atoms with van der Waals surface area (Å²) in [5.74, 6) is 0. The molecule has 1 aromatic heterocycles. The molecule has 1 aliphatic rings. The molecule has 1 fully saturated rings. The summed E-state index contributed by atoms with van der Waals surface area (Å²) < 4.78 is 39.4. The van der Waals surface area contributed by atoms with Crippen LogP contribution in [-0.4, -0.2) is 22.6 Å². The topological polar surface area (TPSA) is 66.9 Å². The summed E-state index contributed by atoms with van der Waals surface area (Å²) >= 11 is 0. The maximum atomic E-state index is 12.8. The van der Waals surface area contributed by atoms with Gasteiger partial charge in [-0.3, -0.25) is 9.36 Å². The van der Waals surface area contributed by atoms with Crippen molar-refractivity contribution in [3.05, 3.63) is 44.6 Å². The number of H-pyrrole nitrogens is 1. The predicted octanol–water partition coefficient (Wildman–Crippen LogP) is 1.63. The molecule has 2 N–H and O–H groups in total. The number of hydrogen-bond donors (Lipinski definition) is 2. The fourth-order valence-corrected chi connectivity index (χ4v) is 2.80. The van der Waals surface area contributed by atoms with Gasteiger partial charge in [0, 0.05) is 6.04 Å². The zero-order valence-corrected chi connectivity index (χ0v) is 11.5. The van der Waals surface area contributed by atoms with Gasteiger partial charge in [0.15, 0.2) is 0 Å².